The molecule has 4 heterocycles. The molecule has 0 aliphatic heterocycles. The minimum atomic E-state index is -1.46. The van der Waals surface area contributed by atoms with Crippen LogP contribution in [0.5, 0.6) is 0 Å². The summed E-state index contributed by atoms with van der Waals surface area (Å²) in [5.74, 6) is -4.82. The fraction of sp³-hybridized carbons (Fsp3) is 0.263. The summed E-state index contributed by atoms with van der Waals surface area (Å²) < 4.78 is 11.3. The highest BCUT2D eigenvalue weighted by molar-refractivity contribution is 5.71. The van der Waals surface area contributed by atoms with Gasteiger partial charge >= 0.3 is 0 Å². The van der Waals surface area contributed by atoms with Gasteiger partial charge in [0.05, 0.1) is 59.2 Å². The lowest BCUT2D eigenvalue weighted by molar-refractivity contribution is -0.313. The summed E-state index contributed by atoms with van der Waals surface area (Å²) in [6.07, 6.45) is 3.59. The van der Waals surface area contributed by atoms with E-state index < -0.39 is 50.1 Å². The Balaban J connectivity index is 1.51. The number of furan rings is 2. The summed E-state index contributed by atoms with van der Waals surface area (Å²) in [6, 6.07) is 21.4. The maximum atomic E-state index is 11.4. The van der Waals surface area contributed by atoms with E-state index in [4.69, 9.17) is 24.5 Å². The number of hydrogen-bond acceptors (Lipinski definition) is 16. The van der Waals surface area contributed by atoms with Crippen LogP contribution in [-0.4, -0.2) is 81.3 Å². The number of anilines is 1. The minimum Gasteiger partial charge on any atom is -0.549 e. The molecule has 5 rings (SSSR count). The molecule has 54 heavy (non-hydrogen) atoms. The normalized spacial score (nSPS) is 11.4. The van der Waals surface area contributed by atoms with Gasteiger partial charge in [0.1, 0.15) is 11.5 Å². The average Bonchev–Trinajstić information content (AvgIpc) is 3.83. The van der Waals surface area contributed by atoms with Gasteiger partial charge in [0.25, 0.3) is 0 Å². The highest BCUT2D eigenvalue weighted by Gasteiger charge is 2.18. The Morgan fingerprint density at radius 1 is 0.556 bits per heavy atom. The molecule has 0 spiro atoms. The molecule has 0 atom stereocenters. The molecule has 4 aromatic heterocycles. The van der Waals surface area contributed by atoms with Crippen LogP contribution in [0.4, 0.5) is 5.69 Å². The van der Waals surface area contributed by atoms with Crippen LogP contribution in [0.2, 0.25) is 0 Å². The number of nitrogen functional groups attached to an aromatic ring is 1. The van der Waals surface area contributed by atoms with E-state index in [0.717, 1.165) is 15.4 Å². The Morgan fingerprint density at radius 2 is 0.926 bits per heavy atom. The molecular weight excluding hydrogens is 700 g/mol. The minimum absolute atomic E-state index is 0.140. The molecule has 0 bridgehead atoms. The number of carboxylic acids is 4. The maximum Gasteiger partial charge on any atom is 0.133 e. The van der Waals surface area contributed by atoms with Crippen molar-refractivity contribution in [2.24, 2.45) is 0 Å². The van der Waals surface area contributed by atoms with Gasteiger partial charge in [-0.1, -0.05) is 12.1 Å². The van der Waals surface area contributed by atoms with Crippen molar-refractivity contribution in [3.63, 3.8) is 0 Å². The molecule has 0 amide bonds. The first-order valence-electron chi connectivity index (χ1n) is 16.8. The molecule has 0 saturated heterocycles. The Hall–Kier alpha value is -6.36. The van der Waals surface area contributed by atoms with Crippen molar-refractivity contribution in [1.82, 2.24) is 24.7 Å². The van der Waals surface area contributed by atoms with Crippen LogP contribution in [0, 0.1) is 0 Å². The Bertz CT molecular complexity index is 1880. The zero-order valence-electron chi connectivity index (χ0n) is 29.0. The number of carbonyl (C=O) groups excluding carboxylic acids is 4. The number of nitrogens with zero attached hydrogens (tertiary/aromatic N) is 5. The smallest absolute Gasteiger partial charge is 0.133 e. The van der Waals surface area contributed by atoms with Crippen molar-refractivity contribution in [2.45, 2.75) is 32.6 Å². The number of rotatable bonds is 21. The van der Waals surface area contributed by atoms with Crippen molar-refractivity contribution in [3.8, 4) is 22.6 Å². The second-order valence-electron chi connectivity index (χ2n) is 12.6. The first kappa shape index (κ1) is 38.9. The molecule has 0 unspecified atom stereocenters. The van der Waals surface area contributed by atoms with Crippen molar-refractivity contribution in [1.29, 1.82) is 0 Å². The van der Waals surface area contributed by atoms with Gasteiger partial charge in [-0.25, -0.2) is 0 Å². The highest BCUT2D eigenvalue weighted by Crippen LogP contribution is 2.26. The summed E-state index contributed by atoms with van der Waals surface area (Å²) in [7, 11) is 0. The fourth-order valence-corrected chi connectivity index (χ4v) is 5.96. The lowest BCUT2D eigenvalue weighted by Crippen LogP contribution is -2.43. The molecule has 2 N–H and O–H groups in total. The van der Waals surface area contributed by atoms with Gasteiger partial charge in [-0.2, -0.15) is 0 Å². The lowest BCUT2D eigenvalue weighted by atomic mass is 10.1. The summed E-state index contributed by atoms with van der Waals surface area (Å²) in [4.78, 5) is 59.6. The zero-order valence-corrected chi connectivity index (χ0v) is 29.0. The van der Waals surface area contributed by atoms with Crippen molar-refractivity contribution in [3.05, 3.63) is 114 Å². The quantitative estimate of drug-likeness (QED) is 0.0836. The maximum absolute atomic E-state index is 11.4. The summed E-state index contributed by atoms with van der Waals surface area (Å²) >= 11 is 0. The molecule has 0 aliphatic rings. The zero-order chi connectivity index (χ0) is 38.6. The van der Waals surface area contributed by atoms with Gasteiger partial charge in [0.2, 0.25) is 0 Å². The fourth-order valence-electron chi connectivity index (χ4n) is 5.96. The van der Waals surface area contributed by atoms with E-state index in [2.05, 4.69) is 4.90 Å². The van der Waals surface area contributed by atoms with E-state index in [1.54, 1.807) is 48.5 Å². The number of carboxylic acid groups (broad SMARTS) is 4. The van der Waals surface area contributed by atoms with Gasteiger partial charge in [-0.3, -0.25) is 24.7 Å². The van der Waals surface area contributed by atoms with Crippen molar-refractivity contribution in [2.75, 3.05) is 38.5 Å². The molecule has 0 aliphatic carbocycles. The predicted molar refractivity (Wildman–Crippen MR) is 183 cm³/mol. The van der Waals surface area contributed by atoms with Gasteiger partial charge < -0.3 is 54.2 Å². The Morgan fingerprint density at radius 3 is 1.26 bits per heavy atom. The third-order valence-corrected chi connectivity index (χ3v) is 8.12. The summed E-state index contributed by atoms with van der Waals surface area (Å²) in [6.45, 7) is -1.96. The molecule has 5 aromatic rings. The van der Waals surface area contributed by atoms with E-state index >= 15 is 0 Å². The van der Waals surface area contributed by atoms with E-state index in [-0.39, 0.29) is 26.2 Å². The highest BCUT2D eigenvalue weighted by atomic mass is 16.4. The number of pyridine rings is 2. The molecule has 16 heteroatoms. The van der Waals surface area contributed by atoms with Crippen molar-refractivity contribution < 1.29 is 48.4 Å². The molecule has 0 fully saturated rings. The van der Waals surface area contributed by atoms with Gasteiger partial charge in [-0.15, -0.1) is 0 Å². The van der Waals surface area contributed by atoms with Crippen LogP contribution in [0.3, 0.4) is 0 Å². The molecule has 0 saturated carbocycles. The van der Waals surface area contributed by atoms with E-state index in [1.807, 2.05) is 24.3 Å². The average molecular weight is 737 g/mol. The number of benzene rings is 1. The molecule has 0 radical (unpaired) electrons. The number of carbonyl (C=O) groups is 4. The second kappa shape index (κ2) is 18.4. The van der Waals surface area contributed by atoms with E-state index in [1.165, 1.54) is 12.5 Å². The number of nitrogens with two attached hydrogens (primary N) is 1. The van der Waals surface area contributed by atoms with E-state index in [0.29, 0.717) is 64.1 Å². The molecule has 1 aromatic carbocycles. The number of hydrogen-bond donors (Lipinski definition) is 1. The first-order valence-corrected chi connectivity index (χ1v) is 16.8. The largest absolute Gasteiger partial charge is 0.549 e. The monoisotopic (exact) mass is 736 g/mol. The van der Waals surface area contributed by atoms with Gasteiger partial charge in [0.15, 0.2) is 0 Å². The first-order chi connectivity index (χ1) is 25.9. The predicted octanol–water partition coefficient (Wildman–Crippen LogP) is -1.57. The second-order valence-corrected chi connectivity index (χ2v) is 12.6. The standard InChI is InChI=1S/C38H40N6O10/c39-28-7-5-25(6-8-28)9-10-42(17-29-13-26(33-3-1-11-53-33)15-31(40-29)19-43(21-35(45)46)22-36(47)48)18-30-14-27(34-4-2-12-54-34)16-32(41-30)20-44(23-37(49)50)24-38(51)52/h1-8,11-16H,9-10,17-24,39H2,(H,45,46)(H,47,48)(H,49,50)(H,51,52)/p-4. The topological polar surface area (TPSA) is 248 Å². The third-order valence-electron chi connectivity index (χ3n) is 8.12. The van der Waals surface area contributed by atoms with Crippen molar-refractivity contribution >= 4 is 29.6 Å². The summed E-state index contributed by atoms with van der Waals surface area (Å²) in [5.41, 5.74) is 10.6. The SMILES string of the molecule is Nc1ccc(CCN(Cc2cc(-c3ccco3)cc(CN(CC(=O)[O-])CC(=O)[O-])n2)Cc2cc(-c3ccco3)cc(CN(CC(=O)[O-])CC(=O)[O-])n2)cc1. The van der Waals surface area contributed by atoms with Crippen LogP contribution in [-0.2, 0) is 51.8 Å². The van der Waals surface area contributed by atoms with Crippen LogP contribution in [0.15, 0.2) is 94.2 Å². The number of aromatic nitrogens is 2. The Kier molecular flexibility index (Phi) is 13.3. The Labute approximate surface area is 309 Å². The third kappa shape index (κ3) is 12.1. The van der Waals surface area contributed by atoms with Gasteiger partial charge in [-0.05, 0) is 72.6 Å². The summed E-state index contributed by atoms with van der Waals surface area (Å²) in [5, 5.41) is 45.7. The molecule has 282 valence electrons. The molecular formula is C38H36N6O10-4. The van der Waals surface area contributed by atoms with Crippen LogP contribution < -0.4 is 26.2 Å². The number of aliphatic carboxylic acids is 4. The van der Waals surface area contributed by atoms with Crippen LogP contribution >= 0.6 is 0 Å². The van der Waals surface area contributed by atoms with E-state index in [9.17, 15) is 39.6 Å². The molecule has 16 nitrogen and oxygen atoms in total. The lowest BCUT2D eigenvalue weighted by Gasteiger charge is -2.25. The van der Waals surface area contributed by atoms with Gasteiger partial charge in [0, 0.05) is 75.7 Å². The van der Waals surface area contributed by atoms with Crippen LogP contribution in [0.1, 0.15) is 28.3 Å². The van der Waals surface area contributed by atoms with Crippen LogP contribution in [0.25, 0.3) is 22.6 Å².